The third-order valence-electron chi connectivity index (χ3n) is 4.26. The van der Waals surface area contributed by atoms with Crippen LogP contribution in [0.2, 0.25) is 0 Å². The molecule has 0 aliphatic heterocycles. The molecule has 1 saturated carbocycles. The smallest absolute Gasteiger partial charge is 0.124 e. The number of hydrogen-bond donors (Lipinski definition) is 1. The van der Waals surface area contributed by atoms with Crippen molar-refractivity contribution in [1.29, 1.82) is 0 Å². The zero-order valence-corrected chi connectivity index (χ0v) is 13.7. The Morgan fingerprint density at radius 3 is 2.30 bits per heavy atom. The van der Waals surface area contributed by atoms with Gasteiger partial charge in [-0.05, 0) is 61.6 Å². The van der Waals surface area contributed by atoms with Crippen LogP contribution in [0, 0.1) is 19.3 Å². The van der Waals surface area contributed by atoms with Gasteiger partial charge in [-0.2, -0.15) is 0 Å². The molecule has 112 valence electrons. The Bertz CT molecular complexity index is 437. The fraction of sp³-hybridized carbons (Fsp3) is 0.667. The second-order valence-electron chi connectivity index (χ2n) is 7.08. The highest BCUT2D eigenvalue weighted by atomic mass is 16.5. The van der Waals surface area contributed by atoms with E-state index < -0.39 is 0 Å². The van der Waals surface area contributed by atoms with E-state index in [0.29, 0.717) is 5.41 Å². The van der Waals surface area contributed by atoms with E-state index in [4.69, 9.17) is 4.74 Å². The highest BCUT2D eigenvalue weighted by molar-refractivity contribution is 5.43. The van der Waals surface area contributed by atoms with Gasteiger partial charge < -0.3 is 10.1 Å². The molecule has 2 heteroatoms. The maximum absolute atomic E-state index is 5.44. The van der Waals surface area contributed by atoms with Crippen molar-refractivity contribution in [2.45, 2.75) is 59.4 Å². The molecule has 1 aliphatic rings. The second kappa shape index (κ2) is 6.17. The summed E-state index contributed by atoms with van der Waals surface area (Å²) in [7, 11) is 1.75. The van der Waals surface area contributed by atoms with Crippen molar-refractivity contribution >= 4 is 0 Å². The molecule has 0 radical (unpaired) electrons. The van der Waals surface area contributed by atoms with Crippen molar-refractivity contribution < 1.29 is 4.74 Å². The Balaban J connectivity index is 1.92. The Morgan fingerprint density at radius 1 is 1.20 bits per heavy atom. The van der Waals surface area contributed by atoms with Gasteiger partial charge in [-0.15, -0.1) is 0 Å². The van der Waals surface area contributed by atoms with E-state index in [-0.39, 0.29) is 0 Å². The lowest BCUT2D eigenvalue weighted by atomic mass is 9.85. The summed E-state index contributed by atoms with van der Waals surface area (Å²) in [5, 5.41) is 3.65. The zero-order valence-electron chi connectivity index (χ0n) is 13.7. The average Bonchev–Trinajstić information content (AvgIpc) is 3.18. The summed E-state index contributed by atoms with van der Waals surface area (Å²) in [5.41, 5.74) is 4.29. The summed E-state index contributed by atoms with van der Waals surface area (Å²) in [4.78, 5) is 0. The van der Waals surface area contributed by atoms with Crippen LogP contribution in [0.1, 0.15) is 49.8 Å². The average molecular weight is 275 g/mol. The van der Waals surface area contributed by atoms with Crippen molar-refractivity contribution in [3.63, 3.8) is 0 Å². The van der Waals surface area contributed by atoms with Crippen molar-refractivity contribution in [3.05, 3.63) is 28.8 Å². The van der Waals surface area contributed by atoms with Gasteiger partial charge in [0.25, 0.3) is 0 Å². The maximum atomic E-state index is 5.44. The van der Waals surface area contributed by atoms with E-state index in [1.807, 2.05) is 0 Å². The summed E-state index contributed by atoms with van der Waals surface area (Å²) in [6, 6.07) is 5.35. The van der Waals surface area contributed by atoms with Crippen LogP contribution < -0.4 is 10.1 Å². The Labute approximate surface area is 123 Å². The van der Waals surface area contributed by atoms with Gasteiger partial charge in [-0.3, -0.25) is 0 Å². The topological polar surface area (TPSA) is 21.3 Å². The number of aryl methyl sites for hydroxylation is 3. The van der Waals surface area contributed by atoms with Crippen LogP contribution in [0.15, 0.2) is 12.1 Å². The first kappa shape index (κ1) is 15.4. The lowest BCUT2D eigenvalue weighted by molar-refractivity contribution is 0.313. The van der Waals surface area contributed by atoms with Crippen LogP contribution in [0.4, 0.5) is 0 Å². The van der Waals surface area contributed by atoms with Gasteiger partial charge >= 0.3 is 0 Å². The first-order valence-electron chi connectivity index (χ1n) is 7.79. The lowest BCUT2D eigenvalue weighted by Crippen LogP contribution is -2.31. The van der Waals surface area contributed by atoms with E-state index in [1.54, 1.807) is 7.11 Å². The van der Waals surface area contributed by atoms with E-state index >= 15 is 0 Å². The van der Waals surface area contributed by atoms with Crippen LogP contribution in [-0.2, 0) is 6.42 Å². The highest BCUT2D eigenvalue weighted by Gasteiger charge is 2.25. The monoisotopic (exact) mass is 275 g/mol. The van der Waals surface area contributed by atoms with Gasteiger partial charge in [0, 0.05) is 12.6 Å². The molecule has 0 bridgehead atoms. The molecule has 0 amide bonds. The minimum Gasteiger partial charge on any atom is -0.496 e. The van der Waals surface area contributed by atoms with E-state index in [1.165, 1.54) is 36.0 Å². The first-order valence-corrected chi connectivity index (χ1v) is 7.79. The molecule has 2 rings (SSSR count). The second-order valence-corrected chi connectivity index (χ2v) is 7.08. The number of hydrogen-bond acceptors (Lipinski definition) is 2. The molecule has 0 atom stereocenters. The van der Waals surface area contributed by atoms with Gasteiger partial charge in [0.1, 0.15) is 5.75 Å². The lowest BCUT2D eigenvalue weighted by Gasteiger charge is -2.25. The number of ether oxygens (including phenoxy) is 1. The van der Waals surface area contributed by atoms with Crippen LogP contribution >= 0.6 is 0 Å². The van der Waals surface area contributed by atoms with Gasteiger partial charge in [0.2, 0.25) is 0 Å². The van der Waals surface area contributed by atoms with Gasteiger partial charge in [0.05, 0.1) is 7.11 Å². The molecule has 1 N–H and O–H groups in total. The van der Waals surface area contributed by atoms with Crippen molar-refractivity contribution in [2.75, 3.05) is 13.7 Å². The number of benzene rings is 1. The van der Waals surface area contributed by atoms with E-state index in [0.717, 1.165) is 24.8 Å². The standard InChI is InChI=1S/C18H29NO/c1-13-10-15(11-14(2)17(13)20-5)8-9-18(3,4)12-19-16-6-7-16/h10-11,16,19H,6-9,12H2,1-5H3. The number of methoxy groups -OCH3 is 1. The summed E-state index contributed by atoms with van der Waals surface area (Å²) >= 11 is 0. The molecule has 0 saturated heterocycles. The molecule has 1 aliphatic carbocycles. The van der Waals surface area contributed by atoms with Gasteiger partial charge in [0.15, 0.2) is 0 Å². The minimum absolute atomic E-state index is 0.365. The van der Waals surface area contributed by atoms with Crippen molar-refractivity contribution in [3.8, 4) is 5.75 Å². The molecule has 0 heterocycles. The summed E-state index contributed by atoms with van der Waals surface area (Å²) in [6.07, 6.45) is 5.10. The number of nitrogens with one attached hydrogen (secondary N) is 1. The Hall–Kier alpha value is -1.02. The zero-order chi connectivity index (χ0) is 14.8. The van der Waals surface area contributed by atoms with Crippen LogP contribution in [0.25, 0.3) is 0 Å². The predicted octanol–water partition coefficient (Wildman–Crippen LogP) is 4.02. The Kier molecular flexibility index (Phi) is 4.74. The molecule has 1 aromatic rings. The van der Waals surface area contributed by atoms with Crippen molar-refractivity contribution in [2.24, 2.45) is 5.41 Å². The molecule has 0 aromatic heterocycles. The highest BCUT2D eigenvalue weighted by Crippen LogP contribution is 2.28. The number of rotatable bonds is 7. The molecule has 0 unspecified atom stereocenters. The summed E-state index contributed by atoms with van der Waals surface area (Å²) in [6.45, 7) is 10.1. The quantitative estimate of drug-likeness (QED) is 0.811. The fourth-order valence-electron chi connectivity index (χ4n) is 2.79. The SMILES string of the molecule is COc1c(C)cc(CCC(C)(C)CNC2CC2)cc1C. The largest absolute Gasteiger partial charge is 0.496 e. The molecule has 1 aromatic carbocycles. The third-order valence-corrected chi connectivity index (χ3v) is 4.26. The normalized spacial score (nSPS) is 15.4. The van der Waals surface area contributed by atoms with E-state index in [9.17, 15) is 0 Å². The molecule has 0 spiro atoms. The van der Waals surface area contributed by atoms with Crippen LogP contribution in [0.5, 0.6) is 5.75 Å². The molecular weight excluding hydrogens is 246 g/mol. The molecule has 2 nitrogen and oxygen atoms in total. The first-order chi connectivity index (χ1) is 9.41. The van der Waals surface area contributed by atoms with Gasteiger partial charge in [-0.25, -0.2) is 0 Å². The third kappa shape index (κ3) is 4.24. The predicted molar refractivity (Wildman–Crippen MR) is 85.6 cm³/mol. The van der Waals surface area contributed by atoms with E-state index in [2.05, 4.69) is 45.1 Å². The molecule has 1 fully saturated rings. The fourth-order valence-corrected chi connectivity index (χ4v) is 2.79. The van der Waals surface area contributed by atoms with Gasteiger partial charge in [-0.1, -0.05) is 26.0 Å². The summed E-state index contributed by atoms with van der Waals surface area (Å²) in [5.74, 6) is 1.03. The Morgan fingerprint density at radius 2 is 1.80 bits per heavy atom. The van der Waals surface area contributed by atoms with Crippen LogP contribution in [-0.4, -0.2) is 19.7 Å². The maximum Gasteiger partial charge on any atom is 0.124 e. The van der Waals surface area contributed by atoms with Crippen molar-refractivity contribution in [1.82, 2.24) is 5.32 Å². The van der Waals surface area contributed by atoms with Crippen LogP contribution in [0.3, 0.4) is 0 Å². The molecular formula is C18H29NO. The molecule has 20 heavy (non-hydrogen) atoms. The summed E-state index contributed by atoms with van der Waals surface area (Å²) < 4.78 is 5.44. The minimum atomic E-state index is 0.365.